The number of carbonyl (C=O) groups is 2. The highest BCUT2D eigenvalue weighted by molar-refractivity contribution is 7.13. The van der Waals surface area contributed by atoms with Crippen LogP contribution in [0, 0.1) is 11.8 Å². The zero-order valence-corrected chi connectivity index (χ0v) is 16.4. The molecule has 2 fully saturated rings. The number of aromatic nitrogens is 1. The van der Waals surface area contributed by atoms with Crippen molar-refractivity contribution in [2.75, 3.05) is 18.4 Å². The highest BCUT2D eigenvalue weighted by Crippen LogP contribution is 2.30. The van der Waals surface area contributed by atoms with Gasteiger partial charge in [-0.1, -0.05) is 32.6 Å². The molecule has 0 aromatic carbocycles. The molecule has 7 heteroatoms. The van der Waals surface area contributed by atoms with Crippen LogP contribution in [0.1, 0.15) is 58.3 Å². The Hall–Kier alpha value is -1.63. The molecule has 3 amide bonds. The van der Waals surface area contributed by atoms with Gasteiger partial charge in [0.1, 0.15) is 0 Å². The molecular formula is C19H30N4O2S. The van der Waals surface area contributed by atoms with E-state index in [0.717, 1.165) is 38.8 Å². The number of urea groups is 1. The number of thiazole rings is 1. The fraction of sp³-hybridized carbons (Fsp3) is 0.737. The highest BCUT2D eigenvalue weighted by atomic mass is 32.1. The van der Waals surface area contributed by atoms with Gasteiger partial charge in [0, 0.05) is 37.1 Å². The van der Waals surface area contributed by atoms with Crippen LogP contribution in [0.25, 0.3) is 0 Å². The number of nitrogens with one attached hydrogen (secondary N) is 2. The topological polar surface area (TPSA) is 74.3 Å². The largest absolute Gasteiger partial charge is 0.335 e. The minimum absolute atomic E-state index is 0.0310. The van der Waals surface area contributed by atoms with Gasteiger partial charge in [-0.15, -0.1) is 11.3 Å². The van der Waals surface area contributed by atoms with Gasteiger partial charge in [0.25, 0.3) is 0 Å². The second-order valence-electron chi connectivity index (χ2n) is 7.54. The van der Waals surface area contributed by atoms with Gasteiger partial charge in [-0.2, -0.15) is 0 Å². The lowest BCUT2D eigenvalue weighted by Gasteiger charge is -2.39. The molecular weight excluding hydrogens is 348 g/mol. The molecule has 2 heterocycles. The van der Waals surface area contributed by atoms with Gasteiger partial charge in [0.15, 0.2) is 5.13 Å². The van der Waals surface area contributed by atoms with E-state index in [2.05, 4.69) is 22.5 Å². The van der Waals surface area contributed by atoms with E-state index in [-0.39, 0.29) is 11.9 Å². The second kappa shape index (κ2) is 9.35. The molecule has 2 N–H and O–H groups in total. The third kappa shape index (κ3) is 5.19. The average Bonchev–Trinajstić information content (AvgIpc) is 3.15. The Morgan fingerprint density at radius 2 is 2.04 bits per heavy atom. The van der Waals surface area contributed by atoms with Crippen LogP contribution in [0.3, 0.4) is 0 Å². The summed E-state index contributed by atoms with van der Waals surface area (Å²) in [6.07, 6.45) is 10.0. The number of amides is 3. The summed E-state index contributed by atoms with van der Waals surface area (Å²) < 4.78 is 0. The standard InChI is InChI=1S/C19H30N4O2S/c1-2-14-13-23(19(25)21-16-6-4-3-5-7-16)10-8-15(14)12-17(24)22-18-20-9-11-26-18/h9,11,14-16H,2-8,10,12-13H2,1H3,(H,21,25)(H,20,22,24). The first-order valence-corrected chi connectivity index (χ1v) is 10.8. The highest BCUT2D eigenvalue weighted by Gasteiger charge is 2.32. The summed E-state index contributed by atoms with van der Waals surface area (Å²) in [5.41, 5.74) is 0. The van der Waals surface area contributed by atoms with Crippen LogP contribution in [0.4, 0.5) is 9.93 Å². The van der Waals surface area contributed by atoms with Crippen LogP contribution in [-0.4, -0.2) is 41.0 Å². The summed E-state index contributed by atoms with van der Waals surface area (Å²) in [6, 6.07) is 0.430. The van der Waals surface area contributed by atoms with Gasteiger partial charge in [0.2, 0.25) is 5.91 Å². The zero-order valence-electron chi connectivity index (χ0n) is 15.6. The fourth-order valence-electron chi connectivity index (χ4n) is 4.20. The van der Waals surface area contributed by atoms with Gasteiger partial charge in [-0.05, 0) is 31.1 Å². The fourth-order valence-corrected chi connectivity index (χ4v) is 4.75. The van der Waals surface area contributed by atoms with E-state index in [0.29, 0.717) is 29.4 Å². The molecule has 2 unspecified atom stereocenters. The summed E-state index contributed by atoms with van der Waals surface area (Å²) in [7, 11) is 0. The molecule has 1 aliphatic heterocycles. The molecule has 1 aromatic rings. The molecule has 0 radical (unpaired) electrons. The van der Waals surface area contributed by atoms with Crippen LogP contribution in [-0.2, 0) is 4.79 Å². The lowest BCUT2D eigenvalue weighted by Crippen LogP contribution is -2.51. The molecule has 0 spiro atoms. The van der Waals surface area contributed by atoms with E-state index in [1.54, 1.807) is 6.20 Å². The quantitative estimate of drug-likeness (QED) is 0.817. The lowest BCUT2D eigenvalue weighted by atomic mass is 9.81. The van der Waals surface area contributed by atoms with Crippen molar-refractivity contribution in [1.82, 2.24) is 15.2 Å². The van der Waals surface area contributed by atoms with Crippen LogP contribution >= 0.6 is 11.3 Å². The van der Waals surface area contributed by atoms with E-state index in [1.165, 1.54) is 30.6 Å². The van der Waals surface area contributed by atoms with Crippen molar-refractivity contribution in [2.45, 2.75) is 64.3 Å². The molecule has 6 nitrogen and oxygen atoms in total. The normalized spacial score (nSPS) is 24.3. The van der Waals surface area contributed by atoms with Crippen LogP contribution in [0.2, 0.25) is 0 Å². The zero-order chi connectivity index (χ0) is 18.4. The first-order valence-electron chi connectivity index (χ1n) is 9.90. The van der Waals surface area contributed by atoms with Crippen LogP contribution in [0.5, 0.6) is 0 Å². The summed E-state index contributed by atoms with van der Waals surface area (Å²) in [5, 5.41) is 8.61. The molecule has 0 bridgehead atoms. The minimum atomic E-state index is 0.0310. The second-order valence-corrected chi connectivity index (χ2v) is 8.43. The van der Waals surface area contributed by atoms with Crippen molar-refractivity contribution in [3.8, 4) is 0 Å². The predicted molar refractivity (Wildman–Crippen MR) is 104 cm³/mol. The number of likely N-dealkylation sites (tertiary alicyclic amines) is 1. The Balaban J connectivity index is 1.48. The lowest BCUT2D eigenvalue weighted by molar-refractivity contribution is -0.117. The molecule has 1 saturated carbocycles. The Morgan fingerprint density at radius 3 is 2.73 bits per heavy atom. The van der Waals surface area contributed by atoms with E-state index < -0.39 is 0 Å². The van der Waals surface area contributed by atoms with Gasteiger partial charge in [0.05, 0.1) is 0 Å². The van der Waals surface area contributed by atoms with Crippen molar-refractivity contribution < 1.29 is 9.59 Å². The number of carbonyl (C=O) groups excluding carboxylic acids is 2. The maximum Gasteiger partial charge on any atom is 0.317 e. The molecule has 3 rings (SSSR count). The van der Waals surface area contributed by atoms with Crippen molar-refractivity contribution >= 4 is 28.4 Å². The molecule has 1 aliphatic carbocycles. The molecule has 1 aromatic heterocycles. The SMILES string of the molecule is CCC1CN(C(=O)NC2CCCCC2)CCC1CC(=O)Nc1nccs1. The third-order valence-electron chi connectivity index (χ3n) is 5.76. The van der Waals surface area contributed by atoms with Crippen molar-refractivity contribution in [1.29, 1.82) is 0 Å². The molecule has 2 aliphatic rings. The number of nitrogens with zero attached hydrogens (tertiary/aromatic N) is 2. The summed E-state index contributed by atoms with van der Waals surface area (Å²) in [6.45, 7) is 3.65. The Bertz CT molecular complexity index is 586. The average molecular weight is 379 g/mol. The first-order chi connectivity index (χ1) is 12.7. The Kier molecular flexibility index (Phi) is 6.88. The van der Waals surface area contributed by atoms with Crippen molar-refractivity contribution in [3.05, 3.63) is 11.6 Å². The van der Waals surface area contributed by atoms with E-state index in [9.17, 15) is 9.59 Å². The van der Waals surface area contributed by atoms with Gasteiger partial charge in [-0.3, -0.25) is 4.79 Å². The van der Waals surface area contributed by atoms with Gasteiger partial charge >= 0.3 is 6.03 Å². The van der Waals surface area contributed by atoms with Gasteiger partial charge < -0.3 is 15.5 Å². The number of piperidine rings is 1. The molecule has 26 heavy (non-hydrogen) atoms. The predicted octanol–water partition coefficient (Wildman–Crippen LogP) is 3.86. The first kappa shape index (κ1) is 19.1. The number of hydrogen-bond acceptors (Lipinski definition) is 4. The van der Waals surface area contributed by atoms with E-state index in [1.807, 2.05) is 10.3 Å². The number of rotatable bonds is 5. The van der Waals surface area contributed by atoms with Crippen molar-refractivity contribution in [3.63, 3.8) is 0 Å². The summed E-state index contributed by atoms with van der Waals surface area (Å²) >= 11 is 1.44. The minimum Gasteiger partial charge on any atom is -0.335 e. The summed E-state index contributed by atoms with van der Waals surface area (Å²) in [5.74, 6) is 0.741. The molecule has 144 valence electrons. The molecule has 1 saturated heterocycles. The Labute approximate surface area is 159 Å². The number of anilines is 1. The maximum atomic E-state index is 12.6. The van der Waals surface area contributed by atoms with E-state index >= 15 is 0 Å². The maximum absolute atomic E-state index is 12.6. The third-order valence-corrected chi connectivity index (χ3v) is 6.45. The van der Waals surface area contributed by atoms with Crippen LogP contribution in [0.15, 0.2) is 11.6 Å². The monoisotopic (exact) mass is 378 g/mol. The summed E-state index contributed by atoms with van der Waals surface area (Å²) in [4.78, 5) is 30.9. The van der Waals surface area contributed by atoms with Crippen molar-refractivity contribution in [2.24, 2.45) is 11.8 Å². The molecule has 2 atom stereocenters. The smallest absolute Gasteiger partial charge is 0.317 e. The van der Waals surface area contributed by atoms with Gasteiger partial charge in [-0.25, -0.2) is 9.78 Å². The number of hydrogen-bond donors (Lipinski definition) is 2. The van der Waals surface area contributed by atoms with Crippen LogP contribution < -0.4 is 10.6 Å². The van der Waals surface area contributed by atoms with E-state index in [4.69, 9.17) is 0 Å². The Morgan fingerprint density at radius 1 is 1.23 bits per heavy atom.